The summed E-state index contributed by atoms with van der Waals surface area (Å²) in [6, 6.07) is 5.24. The summed E-state index contributed by atoms with van der Waals surface area (Å²) in [6.07, 6.45) is 4.99. The first-order valence-corrected chi connectivity index (χ1v) is 8.47. The van der Waals surface area contributed by atoms with Crippen molar-refractivity contribution in [1.29, 1.82) is 0 Å². The smallest absolute Gasteiger partial charge is 0.234 e. The predicted molar refractivity (Wildman–Crippen MR) is 81.8 cm³/mol. The van der Waals surface area contributed by atoms with Crippen LogP contribution in [-0.2, 0) is 11.3 Å². The number of nitrogens with one attached hydrogen (secondary N) is 2. The summed E-state index contributed by atoms with van der Waals surface area (Å²) in [5.41, 5.74) is 0. The normalized spacial score (nSPS) is 27.0. The lowest BCUT2D eigenvalue weighted by atomic mass is 10.0. The zero-order valence-corrected chi connectivity index (χ0v) is 12.6. The van der Waals surface area contributed by atoms with Crippen molar-refractivity contribution in [2.24, 2.45) is 0 Å². The number of carbonyl (C=O) groups excluding carboxylic acids is 1. The Balaban J connectivity index is 1.47. The third kappa shape index (κ3) is 3.40. The minimum absolute atomic E-state index is 0.156. The average molecular weight is 293 g/mol. The van der Waals surface area contributed by atoms with Crippen LogP contribution >= 0.6 is 11.3 Å². The largest absolute Gasteiger partial charge is 0.350 e. The van der Waals surface area contributed by atoms with Crippen LogP contribution in [0.5, 0.6) is 0 Å². The van der Waals surface area contributed by atoms with Gasteiger partial charge in [-0.2, -0.15) is 0 Å². The Bertz CT molecular complexity index is 428. The maximum Gasteiger partial charge on any atom is 0.234 e. The van der Waals surface area contributed by atoms with E-state index < -0.39 is 0 Å². The number of likely N-dealkylation sites (tertiary alicyclic amines) is 1. The highest BCUT2D eigenvalue weighted by Crippen LogP contribution is 2.24. The minimum Gasteiger partial charge on any atom is -0.350 e. The fourth-order valence-corrected chi connectivity index (χ4v) is 4.03. The number of amides is 1. The Hall–Kier alpha value is -0.910. The zero-order chi connectivity index (χ0) is 13.8. The van der Waals surface area contributed by atoms with E-state index in [2.05, 4.69) is 21.6 Å². The Morgan fingerprint density at radius 3 is 3.15 bits per heavy atom. The van der Waals surface area contributed by atoms with Crippen LogP contribution in [0.25, 0.3) is 0 Å². The lowest BCUT2D eigenvalue weighted by molar-refractivity contribution is -0.122. The van der Waals surface area contributed by atoms with Gasteiger partial charge in [-0.15, -0.1) is 11.3 Å². The van der Waals surface area contributed by atoms with Gasteiger partial charge in [0, 0.05) is 17.0 Å². The summed E-state index contributed by atoms with van der Waals surface area (Å²) in [5, 5.41) is 8.66. The van der Waals surface area contributed by atoms with Crippen molar-refractivity contribution in [1.82, 2.24) is 15.5 Å². The lowest BCUT2D eigenvalue weighted by Gasteiger charge is -2.28. The number of hydrogen-bond donors (Lipinski definition) is 2. The maximum absolute atomic E-state index is 12.1. The molecule has 4 nitrogen and oxygen atoms in total. The van der Waals surface area contributed by atoms with E-state index in [0.29, 0.717) is 25.2 Å². The molecule has 2 N–H and O–H groups in total. The molecule has 0 radical (unpaired) electrons. The summed E-state index contributed by atoms with van der Waals surface area (Å²) < 4.78 is 0. The van der Waals surface area contributed by atoms with Gasteiger partial charge in [-0.1, -0.05) is 6.07 Å². The van der Waals surface area contributed by atoms with Crippen LogP contribution in [0, 0.1) is 0 Å². The number of rotatable bonds is 5. The van der Waals surface area contributed by atoms with E-state index in [-0.39, 0.29) is 5.91 Å². The van der Waals surface area contributed by atoms with Crippen molar-refractivity contribution in [2.75, 3.05) is 19.6 Å². The van der Waals surface area contributed by atoms with Crippen molar-refractivity contribution in [2.45, 2.75) is 44.3 Å². The molecule has 2 saturated heterocycles. The van der Waals surface area contributed by atoms with Crippen LogP contribution in [0.2, 0.25) is 0 Å². The third-order valence-corrected chi connectivity index (χ3v) is 5.24. The standard InChI is InChI=1S/C15H23N3OS/c19-15(17-10-12-4-3-9-20-12)11-18-8-2-6-14(18)13-5-1-7-16-13/h3-4,9,13-14,16H,1-2,5-8,10-11H2,(H,17,19). The Morgan fingerprint density at radius 1 is 1.45 bits per heavy atom. The van der Waals surface area contributed by atoms with E-state index in [9.17, 15) is 4.79 Å². The molecule has 5 heteroatoms. The quantitative estimate of drug-likeness (QED) is 0.866. The van der Waals surface area contributed by atoms with Crippen LogP contribution in [-0.4, -0.2) is 42.5 Å². The Labute approximate surface area is 124 Å². The maximum atomic E-state index is 12.1. The molecule has 20 heavy (non-hydrogen) atoms. The molecule has 3 rings (SSSR count). The van der Waals surface area contributed by atoms with E-state index in [1.165, 1.54) is 30.6 Å². The molecule has 0 aromatic carbocycles. The number of nitrogens with zero attached hydrogens (tertiary/aromatic N) is 1. The molecule has 2 unspecified atom stereocenters. The molecule has 1 aromatic rings. The number of thiophene rings is 1. The van der Waals surface area contributed by atoms with Crippen LogP contribution in [0.4, 0.5) is 0 Å². The van der Waals surface area contributed by atoms with Crippen molar-refractivity contribution in [3.63, 3.8) is 0 Å². The molecule has 0 aliphatic carbocycles. The second-order valence-corrected chi connectivity index (χ2v) is 6.77. The van der Waals surface area contributed by atoms with Crippen LogP contribution in [0.3, 0.4) is 0 Å². The number of carbonyl (C=O) groups is 1. The van der Waals surface area contributed by atoms with Gasteiger partial charge in [0.2, 0.25) is 5.91 Å². The minimum atomic E-state index is 0.156. The molecule has 1 aromatic heterocycles. The van der Waals surface area contributed by atoms with Crippen LogP contribution in [0.1, 0.15) is 30.6 Å². The first-order valence-electron chi connectivity index (χ1n) is 7.59. The Kier molecular flexibility index (Phi) is 4.70. The van der Waals surface area contributed by atoms with Crippen molar-refractivity contribution in [3.8, 4) is 0 Å². The van der Waals surface area contributed by atoms with Crippen molar-refractivity contribution < 1.29 is 4.79 Å². The molecule has 110 valence electrons. The molecule has 2 aliphatic heterocycles. The fourth-order valence-electron chi connectivity index (χ4n) is 3.38. The van der Waals surface area contributed by atoms with Gasteiger partial charge in [0.25, 0.3) is 0 Å². The predicted octanol–water partition coefficient (Wildman–Crippen LogP) is 1.58. The summed E-state index contributed by atoms with van der Waals surface area (Å²) >= 11 is 1.69. The van der Waals surface area contributed by atoms with Gasteiger partial charge in [0.1, 0.15) is 0 Å². The molecule has 0 bridgehead atoms. The van der Waals surface area contributed by atoms with E-state index in [1.54, 1.807) is 11.3 Å². The molecule has 1 amide bonds. The van der Waals surface area contributed by atoms with Gasteiger partial charge in [0.15, 0.2) is 0 Å². The monoisotopic (exact) mass is 293 g/mol. The summed E-state index contributed by atoms with van der Waals surface area (Å²) in [5.74, 6) is 0.156. The van der Waals surface area contributed by atoms with Gasteiger partial charge in [-0.3, -0.25) is 9.69 Å². The van der Waals surface area contributed by atoms with E-state index in [1.807, 2.05) is 11.4 Å². The van der Waals surface area contributed by atoms with E-state index in [0.717, 1.165) is 13.1 Å². The van der Waals surface area contributed by atoms with Crippen molar-refractivity contribution >= 4 is 17.2 Å². The number of hydrogen-bond acceptors (Lipinski definition) is 4. The van der Waals surface area contributed by atoms with Crippen molar-refractivity contribution in [3.05, 3.63) is 22.4 Å². The molecule has 3 heterocycles. The fraction of sp³-hybridized carbons (Fsp3) is 0.667. The average Bonchev–Trinajstić information content (AvgIpc) is 3.18. The summed E-state index contributed by atoms with van der Waals surface area (Å²) in [6.45, 7) is 3.42. The molecular formula is C15H23N3OS. The highest BCUT2D eigenvalue weighted by atomic mass is 32.1. The molecule has 2 aliphatic rings. The van der Waals surface area contributed by atoms with Gasteiger partial charge >= 0.3 is 0 Å². The Morgan fingerprint density at radius 2 is 2.40 bits per heavy atom. The van der Waals surface area contributed by atoms with Crippen LogP contribution in [0.15, 0.2) is 17.5 Å². The van der Waals surface area contributed by atoms with Gasteiger partial charge in [-0.25, -0.2) is 0 Å². The third-order valence-electron chi connectivity index (χ3n) is 4.36. The second kappa shape index (κ2) is 6.70. The van der Waals surface area contributed by atoms with Gasteiger partial charge < -0.3 is 10.6 Å². The molecular weight excluding hydrogens is 270 g/mol. The molecule has 0 saturated carbocycles. The SMILES string of the molecule is O=C(CN1CCCC1C1CCCN1)NCc1cccs1. The van der Waals surface area contributed by atoms with Gasteiger partial charge in [-0.05, 0) is 50.2 Å². The van der Waals surface area contributed by atoms with Crippen LogP contribution < -0.4 is 10.6 Å². The molecule has 2 atom stereocenters. The van der Waals surface area contributed by atoms with E-state index in [4.69, 9.17) is 0 Å². The summed E-state index contributed by atoms with van der Waals surface area (Å²) in [4.78, 5) is 15.7. The molecule has 0 spiro atoms. The topological polar surface area (TPSA) is 44.4 Å². The highest BCUT2D eigenvalue weighted by molar-refractivity contribution is 7.09. The van der Waals surface area contributed by atoms with E-state index >= 15 is 0 Å². The first kappa shape index (κ1) is 14.0. The second-order valence-electron chi connectivity index (χ2n) is 5.74. The molecule has 2 fully saturated rings. The summed E-state index contributed by atoms with van der Waals surface area (Å²) in [7, 11) is 0. The zero-order valence-electron chi connectivity index (χ0n) is 11.8. The van der Waals surface area contributed by atoms with Gasteiger partial charge in [0.05, 0.1) is 13.1 Å². The lowest BCUT2D eigenvalue weighted by Crippen LogP contribution is -2.47. The first-order chi connectivity index (χ1) is 9.83. The highest BCUT2D eigenvalue weighted by Gasteiger charge is 2.33.